The highest BCUT2D eigenvalue weighted by atomic mass is 32.2. The van der Waals surface area contributed by atoms with E-state index in [1.165, 1.54) is 11.8 Å². The summed E-state index contributed by atoms with van der Waals surface area (Å²) in [5.74, 6) is -3.67. The Bertz CT molecular complexity index is 684. The molecule has 4 atom stereocenters. The topological polar surface area (TPSA) is 214 Å². The molecule has 0 fully saturated rings. The van der Waals surface area contributed by atoms with Gasteiger partial charge in [-0.05, 0) is 62.7 Å². The van der Waals surface area contributed by atoms with Crippen molar-refractivity contribution in [2.45, 2.75) is 62.7 Å². The number of nitrogens with two attached hydrogens (primary N) is 2. The van der Waals surface area contributed by atoms with Crippen LogP contribution in [0, 0.1) is 0 Å². The molecule has 3 amide bonds. The maximum absolute atomic E-state index is 13.0. The molecular formula is C20H37N5O7S2. The van der Waals surface area contributed by atoms with Gasteiger partial charge in [0, 0.05) is 0 Å². The maximum Gasteiger partial charge on any atom is 0.326 e. The highest BCUT2D eigenvalue weighted by Gasteiger charge is 2.30. The Morgan fingerprint density at radius 1 is 0.765 bits per heavy atom. The summed E-state index contributed by atoms with van der Waals surface area (Å²) in [5.41, 5.74) is 11.4. The normalized spacial score (nSPS) is 14.4. The number of carbonyl (C=O) groups is 5. The zero-order valence-corrected chi connectivity index (χ0v) is 21.2. The van der Waals surface area contributed by atoms with Gasteiger partial charge in [-0.15, -0.1) is 0 Å². The van der Waals surface area contributed by atoms with Gasteiger partial charge in [0.1, 0.15) is 18.1 Å². The Labute approximate surface area is 208 Å². The van der Waals surface area contributed by atoms with Crippen molar-refractivity contribution in [3.05, 3.63) is 0 Å². The molecule has 12 nitrogen and oxygen atoms in total. The van der Waals surface area contributed by atoms with E-state index in [1.54, 1.807) is 18.0 Å². The third-order valence-corrected chi connectivity index (χ3v) is 6.07. The van der Waals surface area contributed by atoms with Gasteiger partial charge in [-0.2, -0.15) is 23.5 Å². The largest absolute Gasteiger partial charge is 0.481 e. The smallest absolute Gasteiger partial charge is 0.326 e. The Morgan fingerprint density at radius 3 is 1.76 bits per heavy atom. The summed E-state index contributed by atoms with van der Waals surface area (Å²) in [5, 5.41) is 25.4. The molecule has 0 aliphatic rings. The minimum atomic E-state index is -1.65. The zero-order valence-electron chi connectivity index (χ0n) is 19.6. The lowest BCUT2D eigenvalue weighted by molar-refractivity contribution is -0.147. The summed E-state index contributed by atoms with van der Waals surface area (Å²) in [6.45, 7) is 0.411. The van der Waals surface area contributed by atoms with Crippen molar-refractivity contribution < 1.29 is 34.2 Å². The molecule has 0 saturated heterocycles. The third-order valence-electron chi connectivity index (χ3n) is 4.79. The van der Waals surface area contributed by atoms with E-state index in [9.17, 15) is 29.1 Å². The van der Waals surface area contributed by atoms with E-state index in [0.717, 1.165) is 0 Å². The molecule has 9 N–H and O–H groups in total. The summed E-state index contributed by atoms with van der Waals surface area (Å²) in [6, 6.07) is -4.51. The highest BCUT2D eigenvalue weighted by molar-refractivity contribution is 7.98. The number of hydrogen-bond donors (Lipinski definition) is 7. The van der Waals surface area contributed by atoms with Gasteiger partial charge in [0.25, 0.3) is 0 Å². The number of thioether (sulfide) groups is 2. The molecule has 0 aromatic carbocycles. The maximum atomic E-state index is 13.0. The minimum absolute atomic E-state index is 0.175. The van der Waals surface area contributed by atoms with Gasteiger partial charge in [-0.1, -0.05) is 0 Å². The number of amides is 3. The molecule has 0 bridgehead atoms. The van der Waals surface area contributed by atoms with Crippen LogP contribution in [0.5, 0.6) is 0 Å². The molecule has 0 saturated carbocycles. The van der Waals surface area contributed by atoms with Gasteiger partial charge in [0.2, 0.25) is 17.7 Å². The lowest BCUT2D eigenvalue weighted by Crippen LogP contribution is -2.57. The number of carbonyl (C=O) groups excluding carboxylic acids is 3. The number of aliphatic carboxylic acids is 2. The van der Waals surface area contributed by atoms with E-state index < -0.39 is 60.2 Å². The molecule has 0 aromatic rings. The lowest BCUT2D eigenvalue weighted by atomic mass is 10.1. The summed E-state index contributed by atoms with van der Waals surface area (Å²) in [7, 11) is 0. The molecule has 0 spiro atoms. The molecule has 0 aliphatic carbocycles. The number of carboxylic acids is 2. The summed E-state index contributed by atoms with van der Waals surface area (Å²) >= 11 is 2.95. The van der Waals surface area contributed by atoms with Crippen molar-refractivity contribution in [3.63, 3.8) is 0 Å². The molecule has 196 valence electrons. The monoisotopic (exact) mass is 523 g/mol. The van der Waals surface area contributed by atoms with Crippen LogP contribution >= 0.6 is 23.5 Å². The van der Waals surface area contributed by atoms with Crippen molar-refractivity contribution in [2.75, 3.05) is 30.6 Å². The van der Waals surface area contributed by atoms with Crippen LogP contribution in [0.2, 0.25) is 0 Å². The van der Waals surface area contributed by atoms with Gasteiger partial charge < -0.3 is 37.6 Å². The fraction of sp³-hybridized carbons (Fsp3) is 0.750. The second-order valence-electron chi connectivity index (χ2n) is 7.57. The standard InChI is InChI=1S/C20H37N5O7S2/c1-33-9-6-12(22)17(28)23-13(5-3-4-8-21)18(29)24-14(7-10-34-2)19(30)25-15(20(31)32)11-16(26)27/h12-15H,3-11,21-22H2,1-2H3,(H,23,28)(H,24,29)(H,25,30)(H,26,27)(H,31,32). The van der Waals surface area contributed by atoms with Crippen molar-refractivity contribution >= 4 is 53.2 Å². The van der Waals surface area contributed by atoms with Crippen molar-refractivity contribution in [1.82, 2.24) is 16.0 Å². The summed E-state index contributed by atoms with van der Waals surface area (Å²) in [6.07, 6.45) is 4.94. The second kappa shape index (κ2) is 18.3. The number of nitrogens with one attached hydrogen (secondary N) is 3. The van der Waals surface area contributed by atoms with E-state index >= 15 is 0 Å². The molecule has 4 unspecified atom stereocenters. The van der Waals surface area contributed by atoms with E-state index in [4.69, 9.17) is 16.6 Å². The van der Waals surface area contributed by atoms with Crippen LogP contribution in [0.3, 0.4) is 0 Å². The van der Waals surface area contributed by atoms with Crippen LogP contribution < -0.4 is 27.4 Å². The van der Waals surface area contributed by atoms with Crippen molar-refractivity contribution in [3.8, 4) is 0 Å². The van der Waals surface area contributed by atoms with E-state index in [1.807, 2.05) is 6.26 Å². The van der Waals surface area contributed by atoms with Gasteiger partial charge in [0.05, 0.1) is 12.5 Å². The molecule has 14 heteroatoms. The minimum Gasteiger partial charge on any atom is -0.481 e. The first-order valence-corrected chi connectivity index (χ1v) is 13.6. The molecule has 0 aromatic heterocycles. The average molecular weight is 524 g/mol. The Balaban J connectivity index is 5.43. The summed E-state index contributed by atoms with van der Waals surface area (Å²) in [4.78, 5) is 60.3. The lowest BCUT2D eigenvalue weighted by Gasteiger charge is -2.25. The number of carboxylic acid groups (broad SMARTS) is 2. The van der Waals surface area contributed by atoms with Gasteiger partial charge in [0.15, 0.2) is 0 Å². The van der Waals surface area contributed by atoms with Crippen molar-refractivity contribution in [2.24, 2.45) is 11.5 Å². The SMILES string of the molecule is CSCCC(N)C(=O)NC(CCCCN)C(=O)NC(CCSC)C(=O)NC(CC(=O)O)C(=O)O. The Kier molecular flexibility index (Phi) is 17.2. The molecule has 34 heavy (non-hydrogen) atoms. The first-order valence-electron chi connectivity index (χ1n) is 10.9. The number of hydrogen-bond acceptors (Lipinski definition) is 9. The molecule has 0 radical (unpaired) electrons. The van der Waals surface area contributed by atoms with Crippen molar-refractivity contribution in [1.29, 1.82) is 0 Å². The van der Waals surface area contributed by atoms with Gasteiger partial charge in [-0.3, -0.25) is 19.2 Å². The van der Waals surface area contributed by atoms with Gasteiger partial charge in [-0.25, -0.2) is 4.79 Å². The van der Waals surface area contributed by atoms with Crippen LogP contribution in [0.15, 0.2) is 0 Å². The average Bonchev–Trinajstić information content (AvgIpc) is 2.78. The van der Waals surface area contributed by atoms with Crippen LogP contribution in [0.4, 0.5) is 0 Å². The number of rotatable bonds is 19. The predicted molar refractivity (Wildman–Crippen MR) is 133 cm³/mol. The van der Waals surface area contributed by atoms with Gasteiger partial charge >= 0.3 is 11.9 Å². The van der Waals surface area contributed by atoms with Crippen LogP contribution in [0.25, 0.3) is 0 Å². The van der Waals surface area contributed by atoms with E-state index in [2.05, 4.69) is 16.0 Å². The third kappa shape index (κ3) is 13.6. The quantitative estimate of drug-likeness (QED) is 0.102. The van der Waals surface area contributed by atoms with Crippen LogP contribution in [-0.4, -0.2) is 94.6 Å². The first kappa shape index (κ1) is 32.0. The number of unbranched alkanes of at least 4 members (excludes halogenated alkanes) is 1. The Hall–Kier alpha value is -2.03. The molecular weight excluding hydrogens is 486 g/mol. The van der Waals surface area contributed by atoms with Crippen LogP contribution in [-0.2, 0) is 24.0 Å². The zero-order chi connectivity index (χ0) is 26.1. The fourth-order valence-electron chi connectivity index (χ4n) is 2.84. The van der Waals surface area contributed by atoms with E-state index in [0.29, 0.717) is 37.3 Å². The molecule has 0 aliphatic heterocycles. The van der Waals surface area contributed by atoms with Crippen LogP contribution in [0.1, 0.15) is 38.5 Å². The fourth-order valence-corrected chi connectivity index (χ4v) is 3.80. The molecule has 0 rings (SSSR count). The summed E-state index contributed by atoms with van der Waals surface area (Å²) < 4.78 is 0. The molecule has 0 heterocycles. The first-order chi connectivity index (χ1) is 16.1. The second-order valence-corrected chi connectivity index (χ2v) is 9.54. The van der Waals surface area contributed by atoms with E-state index in [-0.39, 0.29) is 12.8 Å². The Morgan fingerprint density at radius 2 is 1.26 bits per heavy atom. The highest BCUT2D eigenvalue weighted by Crippen LogP contribution is 2.07. The predicted octanol–water partition coefficient (Wildman–Crippen LogP) is -1.04.